The van der Waals surface area contributed by atoms with Crippen LogP contribution in [0.5, 0.6) is 11.6 Å². The number of fused-ring (bicyclic) bond motifs is 2. The minimum atomic E-state index is -0.477. The second-order valence-corrected chi connectivity index (χ2v) is 8.23. The predicted octanol–water partition coefficient (Wildman–Crippen LogP) is 2.90. The van der Waals surface area contributed by atoms with Crippen LogP contribution in [0.1, 0.15) is 40.7 Å². The highest BCUT2D eigenvalue weighted by Crippen LogP contribution is 2.43. The lowest BCUT2D eigenvalue weighted by atomic mass is 9.94. The molecule has 0 spiro atoms. The third kappa shape index (κ3) is 3.33. The number of nitrogens with two attached hydrogens (primary N) is 1. The van der Waals surface area contributed by atoms with Crippen LogP contribution >= 0.6 is 0 Å². The van der Waals surface area contributed by atoms with Gasteiger partial charge in [-0.05, 0) is 51.4 Å². The molecule has 0 bridgehead atoms. The molecule has 5 rings (SSSR count). The Morgan fingerprint density at radius 2 is 2.27 bits per heavy atom. The molecule has 7 nitrogen and oxygen atoms in total. The second-order valence-electron chi connectivity index (χ2n) is 8.23. The monoisotopic (exact) mass is 406 g/mol. The van der Waals surface area contributed by atoms with Crippen LogP contribution in [0.15, 0.2) is 23.3 Å². The average Bonchev–Trinajstić information content (AvgIpc) is 3.39. The van der Waals surface area contributed by atoms with Crippen molar-refractivity contribution < 1.29 is 14.3 Å². The summed E-state index contributed by atoms with van der Waals surface area (Å²) in [7, 11) is 2.11. The highest BCUT2D eigenvalue weighted by molar-refractivity contribution is 6.03. The topological polar surface area (TPSA) is 90.0 Å². The SMILES string of the molecule is CN1CCCC1COc1cc(-c2cnc3c(c2)CCCO3)c2c(c1C(N)=O)CC=N2. The van der Waals surface area contributed by atoms with E-state index in [1.165, 1.54) is 6.42 Å². The quantitative estimate of drug-likeness (QED) is 0.825. The summed E-state index contributed by atoms with van der Waals surface area (Å²) in [5.74, 6) is 0.769. The number of likely N-dealkylation sites (tertiary alicyclic amines) is 1. The number of primary amides is 1. The molecule has 2 N–H and O–H groups in total. The molecule has 30 heavy (non-hydrogen) atoms. The van der Waals surface area contributed by atoms with Crippen LogP contribution in [0.25, 0.3) is 11.1 Å². The maximum absolute atomic E-state index is 12.3. The van der Waals surface area contributed by atoms with Crippen LogP contribution in [-0.4, -0.2) is 54.9 Å². The number of aliphatic imine (C=N–C) groups is 1. The van der Waals surface area contributed by atoms with Gasteiger partial charge in [-0.25, -0.2) is 4.98 Å². The molecule has 156 valence electrons. The number of benzene rings is 1. The van der Waals surface area contributed by atoms with E-state index in [0.717, 1.165) is 53.7 Å². The van der Waals surface area contributed by atoms with Gasteiger partial charge < -0.3 is 20.1 Å². The highest BCUT2D eigenvalue weighted by atomic mass is 16.5. The summed E-state index contributed by atoms with van der Waals surface area (Å²) in [5, 5.41) is 0. The van der Waals surface area contributed by atoms with Gasteiger partial charge in [0.05, 0.1) is 17.9 Å². The summed E-state index contributed by atoms with van der Waals surface area (Å²) in [6.45, 7) is 2.31. The maximum Gasteiger partial charge on any atom is 0.252 e. The maximum atomic E-state index is 12.3. The minimum Gasteiger partial charge on any atom is -0.491 e. The molecule has 2 aromatic rings. The van der Waals surface area contributed by atoms with Crippen molar-refractivity contribution in [3.05, 3.63) is 35.0 Å². The van der Waals surface area contributed by atoms with E-state index in [1.807, 2.05) is 18.5 Å². The number of nitrogens with zero attached hydrogens (tertiary/aromatic N) is 3. The van der Waals surface area contributed by atoms with Crippen LogP contribution < -0.4 is 15.2 Å². The summed E-state index contributed by atoms with van der Waals surface area (Å²) >= 11 is 0. The number of carbonyl (C=O) groups excluding carboxylic acids is 1. The van der Waals surface area contributed by atoms with Crippen molar-refractivity contribution in [2.24, 2.45) is 10.7 Å². The van der Waals surface area contributed by atoms with Gasteiger partial charge in [0.1, 0.15) is 12.4 Å². The number of likely N-dealkylation sites (N-methyl/N-ethyl adjacent to an activating group) is 1. The number of aromatic nitrogens is 1. The first-order valence-electron chi connectivity index (χ1n) is 10.6. The van der Waals surface area contributed by atoms with Crippen molar-refractivity contribution in [1.29, 1.82) is 0 Å². The molecule has 0 saturated carbocycles. The van der Waals surface area contributed by atoms with E-state index in [1.54, 1.807) is 0 Å². The fraction of sp³-hybridized carbons (Fsp3) is 0.435. The highest BCUT2D eigenvalue weighted by Gasteiger charge is 2.27. The third-order valence-electron chi connectivity index (χ3n) is 6.30. The van der Waals surface area contributed by atoms with Crippen LogP contribution in [0.3, 0.4) is 0 Å². The summed E-state index contributed by atoms with van der Waals surface area (Å²) < 4.78 is 11.9. The largest absolute Gasteiger partial charge is 0.491 e. The molecular weight excluding hydrogens is 380 g/mol. The van der Waals surface area contributed by atoms with E-state index in [-0.39, 0.29) is 0 Å². The van der Waals surface area contributed by atoms with Gasteiger partial charge in [0.2, 0.25) is 5.88 Å². The number of amides is 1. The lowest BCUT2D eigenvalue weighted by Crippen LogP contribution is -2.31. The van der Waals surface area contributed by atoms with E-state index < -0.39 is 5.91 Å². The molecule has 3 aliphatic heterocycles. The van der Waals surface area contributed by atoms with E-state index in [9.17, 15) is 4.79 Å². The number of rotatable bonds is 5. The molecule has 3 aliphatic rings. The molecular formula is C23H26N4O3. The molecule has 0 aliphatic carbocycles. The summed E-state index contributed by atoms with van der Waals surface area (Å²) in [4.78, 5) is 23.7. The van der Waals surface area contributed by atoms with Gasteiger partial charge in [-0.2, -0.15) is 0 Å². The van der Waals surface area contributed by atoms with Crippen LogP contribution in [0.4, 0.5) is 5.69 Å². The molecule has 1 aromatic heterocycles. The Balaban J connectivity index is 1.56. The first-order valence-corrected chi connectivity index (χ1v) is 10.6. The fourth-order valence-corrected chi connectivity index (χ4v) is 4.64. The zero-order valence-corrected chi connectivity index (χ0v) is 17.2. The van der Waals surface area contributed by atoms with E-state index >= 15 is 0 Å². The average molecular weight is 406 g/mol. The molecule has 7 heteroatoms. The summed E-state index contributed by atoms with van der Waals surface area (Å²) in [5.41, 5.74) is 10.8. The second kappa shape index (κ2) is 7.72. The lowest BCUT2D eigenvalue weighted by Gasteiger charge is -2.22. The van der Waals surface area contributed by atoms with E-state index in [0.29, 0.717) is 42.9 Å². The van der Waals surface area contributed by atoms with E-state index in [2.05, 4.69) is 28.0 Å². The van der Waals surface area contributed by atoms with Crippen molar-refractivity contribution in [3.63, 3.8) is 0 Å². The zero-order valence-electron chi connectivity index (χ0n) is 17.2. The van der Waals surface area contributed by atoms with Crippen LogP contribution in [0.2, 0.25) is 0 Å². The molecule has 4 heterocycles. The Labute approximate surface area is 175 Å². The number of carbonyl (C=O) groups is 1. The van der Waals surface area contributed by atoms with E-state index in [4.69, 9.17) is 15.2 Å². The van der Waals surface area contributed by atoms with Gasteiger partial charge in [0.25, 0.3) is 5.91 Å². The van der Waals surface area contributed by atoms with Gasteiger partial charge >= 0.3 is 0 Å². The number of aryl methyl sites for hydroxylation is 1. The first kappa shape index (κ1) is 19.1. The summed E-state index contributed by atoms with van der Waals surface area (Å²) in [6.07, 6.45) is 8.40. The summed E-state index contributed by atoms with van der Waals surface area (Å²) in [6, 6.07) is 4.37. The van der Waals surface area contributed by atoms with Gasteiger partial charge in [0, 0.05) is 47.1 Å². The lowest BCUT2D eigenvalue weighted by molar-refractivity contribution is 0.0994. The van der Waals surface area contributed by atoms with Crippen LogP contribution in [0, 0.1) is 0 Å². The van der Waals surface area contributed by atoms with Crippen LogP contribution in [-0.2, 0) is 12.8 Å². The molecule has 1 amide bonds. The van der Waals surface area contributed by atoms with Crippen molar-refractivity contribution in [2.45, 2.75) is 38.1 Å². The molecule has 1 fully saturated rings. The molecule has 1 unspecified atom stereocenters. The van der Waals surface area contributed by atoms with Gasteiger partial charge in [-0.15, -0.1) is 0 Å². The predicted molar refractivity (Wildman–Crippen MR) is 115 cm³/mol. The Hall–Kier alpha value is -2.93. The van der Waals surface area contributed by atoms with Crippen molar-refractivity contribution >= 4 is 17.8 Å². The smallest absolute Gasteiger partial charge is 0.252 e. The minimum absolute atomic E-state index is 0.348. The first-order chi connectivity index (χ1) is 14.6. The molecule has 1 atom stereocenters. The normalized spacial score (nSPS) is 20.0. The third-order valence-corrected chi connectivity index (χ3v) is 6.30. The van der Waals surface area contributed by atoms with Gasteiger partial charge in [-0.3, -0.25) is 9.79 Å². The van der Waals surface area contributed by atoms with Crippen molar-refractivity contribution in [1.82, 2.24) is 9.88 Å². The standard InChI is InChI=1S/C23H26N4O3/c1-27-8-2-5-16(27)13-30-19-11-18(21-17(6-7-25-21)20(19)22(24)28)15-10-14-4-3-9-29-23(14)26-12-15/h7,10-12,16H,2-6,8-9,13H2,1H3,(H2,24,28). The van der Waals surface area contributed by atoms with Crippen molar-refractivity contribution in [3.8, 4) is 22.8 Å². The Morgan fingerprint density at radius 1 is 1.37 bits per heavy atom. The van der Waals surface area contributed by atoms with Gasteiger partial charge in [0.15, 0.2) is 0 Å². The number of ether oxygens (including phenoxy) is 2. The number of hydrogen-bond acceptors (Lipinski definition) is 6. The fourth-order valence-electron chi connectivity index (χ4n) is 4.64. The van der Waals surface area contributed by atoms with Gasteiger partial charge in [-0.1, -0.05) is 0 Å². The van der Waals surface area contributed by atoms with Crippen molar-refractivity contribution in [2.75, 3.05) is 26.8 Å². The Bertz CT molecular complexity index is 1030. The molecule has 0 radical (unpaired) electrons. The Kier molecular flexibility index (Phi) is 4.90. The molecule has 1 aromatic carbocycles. The number of hydrogen-bond donors (Lipinski definition) is 1. The molecule has 1 saturated heterocycles. The number of pyridine rings is 1. The zero-order chi connectivity index (χ0) is 20.7. The Morgan fingerprint density at radius 3 is 3.07 bits per heavy atom.